The van der Waals surface area contributed by atoms with Gasteiger partial charge in [0.05, 0.1) is 0 Å². The van der Waals surface area contributed by atoms with Crippen LogP contribution in [0.4, 0.5) is 0 Å². The molecule has 1 N–H and O–H groups in total. The first-order valence-corrected chi connectivity index (χ1v) is 4.90. The number of aliphatic hydroxyl groups excluding tert-OH is 1. The van der Waals surface area contributed by atoms with Crippen molar-refractivity contribution in [1.29, 1.82) is 0 Å². The van der Waals surface area contributed by atoms with Crippen molar-refractivity contribution < 1.29 is 5.11 Å². The Labute approximate surface area is 75.6 Å². The summed E-state index contributed by atoms with van der Waals surface area (Å²) in [6.07, 6.45) is 2.24. The van der Waals surface area contributed by atoms with Crippen LogP contribution in [0.2, 0.25) is 0 Å². The van der Waals surface area contributed by atoms with E-state index in [0.717, 1.165) is 12.3 Å². The maximum Gasteiger partial charge on any atom is 0.0434 e. The predicted molar refractivity (Wildman–Crippen MR) is 51.1 cm³/mol. The number of hydrogen-bond donors (Lipinski definition) is 1. The van der Waals surface area contributed by atoms with Crippen LogP contribution in [0.25, 0.3) is 0 Å². The summed E-state index contributed by atoms with van der Waals surface area (Å²) in [7, 11) is 0. The average molecular weight is 171 g/mol. The van der Waals surface area contributed by atoms with Gasteiger partial charge in [-0.2, -0.15) is 0 Å². The first kappa shape index (κ1) is 10.0. The molecule has 1 atom stereocenters. The zero-order chi connectivity index (χ0) is 9.19. The third-order valence-electron chi connectivity index (χ3n) is 2.77. The van der Waals surface area contributed by atoms with Crippen LogP contribution in [0.1, 0.15) is 33.6 Å². The molecule has 0 saturated carbocycles. The van der Waals surface area contributed by atoms with Gasteiger partial charge >= 0.3 is 0 Å². The van der Waals surface area contributed by atoms with Gasteiger partial charge in [0.1, 0.15) is 0 Å². The Bertz CT molecular complexity index is 139. The van der Waals surface area contributed by atoms with E-state index in [0.29, 0.717) is 12.1 Å². The Morgan fingerprint density at radius 2 is 2.08 bits per heavy atom. The fourth-order valence-corrected chi connectivity index (χ4v) is 1.86. The Balaban J connectivity index is 2.35. The van der Waals surface area contributed by atoms with Crippen molar-refractivity contribution in [2.45, 2.75) is 39.2 Å². The van der Waals surface area contributed by atoms with E-state index in [4.69, 9.17) is 5.11 Å². The van der Waals surface area contributed by atoms with E-state index in [1.165, 1.54) is 19.5 Å². The van der Waals surface area contributed by atoms with Gasteiger partial charge in [-0.1, -0.05) is 0 Å². The molecule has 0 bridgehead atoms. The summed E-state index contributed by atoms with van der Waals surface area (Å²) in [4.78, 5) is 2.51. The molecule has 1 fully saturated rings. The molecule has 72 valence electrons. The van der Waals surface area contributed by atoms with Gasteiger partial charge in [-0.05, 0) is 46.1 Å². The van der Waals surface area contributed by atoms with E-state index in [1.807, 2.05) is 0 Å². The van der Waals surface area contributed by atoms with E-state index in [2.05, 4.69) is 25.7 Å². The van der Waals surface area contributed by atoms with Gasteiger partial charge in [0.15, 0.2) is 0 Å². The van der Waals surface area contributed by atoms with Crippen molar-refractivity contribution >= 4 is 0 Å². The Morgan fingerprint density at radius 3 is 2.50 bits per heavy atom. The van der Waals surface area contributed by atoms with Crippen molar-refractivity contribution in [3.63, 3.8) is 0 Å². The minimum atomic E-state index is 0.310. The first-order valence-electron chi connectivity index (χ1n) is 4.90. The second kappa shape index (κ2) is 3.75. The van der Waals surface area contributed by atoms with Crippen LogP contribution in [0.5, 0.6) is 0 Å². The van der Waals surface area contributed by atoms with Gasteiger partial charge in [0.25, 0.3) is 0 Å². The third kappa shape index (κ3) is 2.46. The molecule has 0 aliphatic carbocycles. The van der Waals surface area contributed by atoms with Crippen LogP contribution < -0.4 is 0 Å². The predicted octanol–water partition coefficient (Wildman–Crippen LogP) is 1.49. The highest BCUT2D eigenvalue weighted by Gasteiger charge is 2.29. The van der Waals surface area contributed by atoms with E-state index in [1.54, 1.807) is 0 Å². The molecule has 1 aliphatic heterocycles. The summed E-state index contributed by atoms with van der Waals surface area (Å²) in [5.41, 5.74) is 0.310. The molecule has 1 saturated heterocycles. The lowest BCUT2D eigenvalue weighted by Crippen LogP contribution is -2.39. The van der Waals surface area contributed by atoms with Gasteiger partial charge in [0, 0.05) is 18.7 Å². The van der Waals surface area contributed by atoms with E-state index in [9.17, 15) is 0 Å². The lowest BCUT2D eigenvalue weighted by Gasteiger charge is -2.31. The molecule has 0 aromatic carbocycles. The van der Waals surface area contributed by atoms with Gasteiger partial charge in [0.2, 0.25) is 0 Å². The maximum absolute atomic E-state index is 8.80. The zero-order valence-corrected chi connectivity index (χ0v) is 8.51. The van der Waals surface area contributed by atoms with Crippen LogP contribution in [0.3, 0.4) is 0 Å². The Morgan fingerprint density at radius 1 is 1.42 bits per heavy atom. The highest BCUT2D eigenvalue weighted by molar-refractivity contribution is 4.84. The smallest absolute Gasteiger partial charge is 0.0434 e. The van der Waals surface area contributed by atoms with E-state index < -0.39 is 0 Å². The van der Waals surface area contributed by atoms with Crippen LogP contribution in [0, 0.1) is 5.92 Å². The maximum atomic E-state index is 8.80. The molecule has 2 heteroatoms. The molecule has 0 aromatic rings. The molecule has 1 unspecified atom stereocenters. The molecule has 0 spiro atoms. The summed E-state index contributed by atoms with van der Waals surface area (Å²) in [5, 5.41) is 8.80. The summed E-state index contributed by atoms with van der Waals surface area (Å²) < 4.78 is 0. The summed E-state index contributed by atoms with van der Waals surface area (Å²) >= 11 is 0. The molecular formula is C10H21NO. The second-order valence-corrected chi connectivity index (χ2v) is 4.78. The topological polar surface area (TPSA) is 23.5 Å². The number of aliphatic hydroxyl groups is 1. The second-order valence-electron chi connectivity index (χ2n) is 4.78. The number of hydrogen-bond acceptors (Lipinski definition) is 2. The van der Waals surface area contributed by atoms with Gasteiger partial charge in [-0.25, -0.2) is 0 Å². The lowest BCUT2D eigenvalue weighted by atomic mass is 10.0. The standard InChI is InChI=1S/C10H21NO/c1-10(2,3)11-6-4-9(8-11)5-7-12/h9,12H,4-8H2,1-3H3. The quantitative estimate of drug-likeness (QED) is 0.680. The monoisotopic (exact) mass is 171 g/mol. The van der Waals surface area contributed by atoms with Crippen molar-refractivity contribution in [1.82, 2.24) is 4.90 Å². The first-order chi connectivity index (χ1) is 5.54. The minimum absolute atomic E-state index is 0.310. The Hall–Kier alpha value is -0.0800. The molecule has 2 nitrogen and oxygen atoms in total. The summed E-state index contributed by atoms with van der Waals surface area (Å²) in [6.45, 7) is 9.50. The van der Waals surface area contributed by atoms with Gasteiger partial charge in [-0.3, -0.25) is 4.90 Å². The van der Waals surface area contributed by atoms with Gasteiger partial charge < -0.3 is 5.11 Å². The van der Waals surface area contributed by atoms with Crippen LogP contribution in [-0.2, 0) is 0 Å². The molecule has 0 radical (unpaired) electrons. The van der Waals surface area contributed by atoms with Gasteiger partial charge in [-0.15, -0.1) is 0 Å². The van der Waals surface area contributed by atoms with Crippen molar-refractivity contribution in [2.75, 3.05) is 19.7 Å². The molecule has 12 heavy (non-hydrogen) atoms. The van der Waals surface area contributed by atoms with Crippen LogP contribution in [-0.4, -0.2) is 35.2 Å². The van der Waals surface area contributed by atoms with E-state index in [-0.39, 0.29) is 0 Å². The van der Waals surface area contributed by atoms with Crippen molar-refractivity contribution in [3.8, 4) is 0 Å². The third-order valence-corrected chi connectivity index (χ3v) is 2.77. The average Bonchev–Trinajstić information content (AvgIpc) is 2.35. The normalized spacial score (nSPS) is 26.5. The molecule has 1 aliphatic rings. The van der Waals surface area contributed by atoms with Crippen molar-refractivity contribution in [3.05, 3.63) is 0 Å². The number of nitrogens with zero attached hydrogens (tertiary/aromatic N) is 1. The minimum Gasteiger partial charge on any atom is -0.396 e. The molecule has 0 amide bonds. The lowest BCUT2D eigenvalue weighted by molar-refractivity contribution is 0.163. The molecule has 1 rings (SSSR count). The SMILES string of the molecule is CC(C)(C)N1CCC(CCO)C1. The van der Waals surface area contributed by atoms with E-state index >= 15 is 0 Å². The summed E-state index contributed by atoms with van der Waals surface area (Å²) in [6, 6.07) is 0. The number of likely N-dealkylation sites (tertiary alicyclic amines) is 1. The van der Waals surface area contributed by atoms with Crippen LogP contribution >= 0.6 is 0 Å². The van der Waals surface area contributed by atoms with Crippen molar-refractivity contribution in [2.24, 2.45) is 5.92 Å². The zero-order valence-electron chi connectivity index (χ0n) is 8.51. The molecule has 1 heterocycles. The molecular weight excluding hydrogens is 150 g/mol. The largest absolute Gasteiger partial charge is 0.396 e. The summed E-state index contributed by atoms with van der Waals surface area (Å²) in [5.74, 6) is 0.731. The Kier molecular flexibility index (Phi) is 3.13. The highest BCUT2D eigenvalue weighted by Crippen LogP contribution is 2.25. The fraction of sp³-hybridized carbons (Fsp3) is 1.00. The van der Waals surface area contributed by atoms with Crippen LogP contribution in [0.15, 0.2) is 0 Å². The highest BCUT2D eigenvalue weighted by atomic mass is 16.3. The fourth-order valence-electron chi connectivity index (χ4n) is 1.86. The number of rotatable bonds is 2. The molecule has 0 aromatic heterocycles.